The predicted octanol–water partition coefficient (Wildman–Crippen LogP) is 3.45. The Morgan fingerprint density at radius 3 is 2.96 bits per heavy atom. The average molecular weight is 344 g/mol. The van der Waals surface area contributed by atoms with Crippen molar-refractivity contribution < 1.29 is 14.6 Å². The highest BCUT2D eigenvalue weighted by Crippen LogP contribution is 2.32. The van der Waals surface area contributed by atoms with E-state index in [1.807, 2.05) is 26.0 Å². The number of nitrogens with one attached hydrogen (secondary N) is 1. The Labute approximate surface area is 145 Å². The zero-order chi connectivity index (χ0) is 17.5. The van der Waals surface area contributed by atoms with Gasteiger partial charge in [0, 0.05) is 28.1 Å². The normalized spacial score (nSPS) is 11.7. The number of fused-ring (bicyclic) bond motifs is 1. The fourth-order valence-corrected chi connectivity index (χ4v) is 3.14. The highest BCUT2D eigenvalue weighted by Gasteiger charge is 2.10. The van der Waals surface area contributed by atoms with Crippen LogP contribution in [0.2, 0.25) is 0 Å². The Morgan fingerprint density at radius 2 is 2.29 bits per heavy atom. The second-order valence-corrected chi connectivity index (χ2v) is 6.65. The monoisotopic (exact) mass is 344 g/mol. The van der Waals surface area contributed by atoms with Crippen molar-refractivity contribution in [2.75, 3.05) is 13.2 Å². The third-order valence-electron chi connectivity index (χ3n) is 3.27. The van der Waals surface area contributed by atoms with E-state index in [1.54, 1.807) is 24.3 Å². The summed E-state index contributed by atoms with van der Waals surface area (Å²) in [5, 5.41) is 22.5. The van der Waals surface area contributed by atoms with Gasteiger partial charge in [0.1, 0.15) is 17.4 Å². The summed E-state index contributed by atoms with van der Waals surface area (Å²) in [5.41, 5.74) is 0.0471. The molecule has 0 fully saturated rings. The molecule has 24 heavy (non-hydrogen) atoms. The minimum atomic E-state index is -0.399. The maximum Gasteiger partial charge on any atom is 0.261 e. The summed E-state index contributed by atoms with van der Waals surface area (Å²) < 4.78 is 6.31. The molecule has 2 rings (SSSR count). The summed E-state index contributed by atoms with van der Waals surface area (Å²) in [6, 6.07) is 8.96. The minimum absolute atomic E-state index is 0.0471. The number of rotatable bonds is 7. The van der Waals surface area contributed by atoms with Crippen molar-refractivity contribution in [3.63, 3.8) is 0 Å². The molecule has 0 aliphatic heterocycles. The van der Waals surface area contributed by atoms with Crippen molar-refractivity contribution >= 4 is 33.4 Å². The van der Waals surface area contributed by atoms with Crippen molar-refractivity contribution in [3.05, 3.63) is 34.7 Å². The van der Waals surface area contributed by atoms with E-state index in [1.165, 1.54) is 11.3 Å². The van der Waals surface area contributed by atoms with Gasteiger partial charge in [-0.15, -0.1) is 11.3 Å². The molecule has 0 saturated carbocycles. The molecule has 6 heteroatoms. The second kappa shape index (κ2) is 8.48. The number of carbonyl (C=O) groups excluding carboxylic acids is 1. The quantitative estimate of drug-likeness (QED) is 0.458. The molecule has 1 heterocycles. The van der Waals surface area contributed by atoms with Crippen LogP contribution in [0.1, 0.15) is 25.1 Å². The fourth-order valence-electron chi connectivity index (χ4n) is 2.12. The third kappa shape index (κ3) is 4.82. The van der Waals surface area contributed by atoms with Crippen molar-refractivity contribution in [3.8, 4) is 11.8 Å². The molecule has 1 aromatic heterocycles. The van der Waals surface area contributed by atoms with Crippen LogP contribution in [0.4, 0.5) is 0 Å². The first-order valence-corrected chi connectivity index (χ1v) is 8.56. The number of benzene rings is 1. The molecule has 0 spiro atoms. The molecule has 1 aromatic carbocycles. The van der Waals surface area contributed by atoms with Crippen LogP contribution in [0.5, 0.6) is 5.75 Å². The summed E-state index contributed by atoms with van der Waals surface area (Å²) in [7, 11) is 0. The van der Waals surface area contributed by atoms with E-state index in [0.29, 0.717) is 19.6 Å². The number of amides is 1. The summed E-state index contributed by atoms with van der Waals surface area (Å²) in [5.74, 6) is -0.208. The molecule has 0 radical (unpaired) electrons. The maximum absolute atomic E-state index is 12.1. The first kappa shape index (κ1) is 18.0. The van der Waals surface area contributed by atoms with Crippen molar-refractivity contribution in [1.29, 1.82) is 5.26 Å². The van der Waals surface area contributed by atoms with E-state index in [9.17, 15) is 15.2 Å². The lowest BCUT2D eigenvalue weighted by Crippen LogP contribution is -2.26. The lowest BCUT2D eigenvalue weighted by atomic mass is 10.2. The topological polar surface area (TPSA) is 82.3 Å². The van der Waals surface area contributed by atoms with Crippen molar-refractivity contribution in [1.82, 2.24) is 5.32 Å². The van der Waals surface area contributed by atoms with Crippen LogP contribution in [0, 0.1) is 11.3 Å². The van der Waals surface area contributed by atoms with Gasteiger partial charge in [-0.05, 0) is 44.5 Å². The van der Waals surface area contributed by atoms with Gasteiger partial charge in [0.05, 0.1) is 6.10 Å². The van der Waals surface area contributed by atoms with Gasteiger partial charge in [-0.2, -0.15) is 5.26 Å². The van der Waals surface area contributed by atoms with E-state index in [4.69, 9.17) is 4.74 Å². The molecule has 5 nitrogen and oxygen atoms in total. The van der Waals surface area contributed by atoms with Gasteiger partial charge in [-0.25, -0.2) is 0 Å². The van der Waals surface area contributed by atoms with E-state index in [0.717, 1.165) is 15.0 Å². The van der Waals surface area contributed by atoms with Gasteiger partial charge in [-0.3, -0.25) is 4.79 Å². The predicted molar refractivity (Wildman–Crippen MR) is 95.8 cm³/mol. The number of phenols is 1. The van der Waals surface area contributed by atoms with Gasteiger partial charge >= 0.3 is 0 Å². The van der Waals surface area contributed by atoms with Gasteiger partial charge in [0.15, 0.2) is 0 Å². The van der Waals surface area contributed by atoms with E-state index in [-0.39, 0.29) is 17.4 Å². The Morgan fingerprint density at radius 1 is 1.50 bits per heavy atom. The Hall–Kier alpha value is -2.36. The van der Waals surface area contributed by atoms with Crippen LogP contribution in [0.25, 0.3) is 16.2 Å². The summed E-state index contributed by atoms with van der Waals surface area (Å²) in [4.78, 5) is 12.8. The molecule has 0 bridgehead atoms. The highest BCUT2D eigenvalue weighted by atomic mass is 32.1. The molecule has 0 unspecified atom stereocenters. The van der Waals surface area contributed by atoms with Gasteiger partial charge in [0.2, 0.25) is 0 Å². The number of aromatic hydroxyl groups is 1. The van der Waals surface area contributed by atoms with E-state index >= 15 is 0 Å². The molecule has 1 amide bonds. The minimum Gasteiger partial charge on any atom is -0.507 e. The van der Waals surface area contributed by atoms with Crippen LogP contribution in [-0.4, -0.2) is 30.3 Å². The third-order valence-corrected chi connectivity index (χ3v) is 4.31. The van der Waals surface area contributed by atoms with Crippen molar-refractivity contribution in [2.24, 2.45) is 0 Å². The summed E-state index contributed by atoms with van der Waals surface area (Å²) in [6.45, 7) is 4.94. The molecule has 0 aliphatic rings. The van der Waals surface area contributed by atoms with Crippen molar-refractivity contribution in [2.45, 2.75) is 26.4 Å². The zero-order valence-electron chi connectivity index (χ0n) is 13.7. The number of hydrogen-bond acceptors (Lipinski definition) is 5. The molecule has 0 saturated heterocycles. The number of nitriles is 1. The van der Waals surface area contributed by atoms with Gasteiger partial charge < -0.3 is 15.2 Å². The first-order valence-electron chi connectivity index (χ1n) is 7.74. The molecule has 2 aromatic rings. The number of thiophene rings is 1. The standard InChI is InChI=1S/C18H20N2O3S/c1-12(2)23-8-4-7-20-18(22)13(11-19)9-14-10-15-16(21)5-3-6-17(15)24-14/h3,5-6,9-10,12,21H,4,7-8H2,1-2H3,(H,20,22). The number of carbonyl (C=O) groups is 1. The van der Waals surface area contributed by atoms with Crippen LogP contribution in [-0.2, 0) is 9.53 Å². The number of phenolic OH excluding ortho intramolecular Hbond substituents is 1. The Balaban J connectivity index is 2.01. The molecular weight excluding hydrogens is 324 g/mol. The molecule has 126 valence electrons. The Kier molecular flexibility index (Phi) is 6.36. The molecule has 2 N–H and O–H groups in total. The summed E-state index contributed by atoms with van der Waals surface area (Å²) >= 11 is 1.42. The smallest absolute Gasteiger partial charge is 0.261 e. The first-order chi connectivity index (χ1) is 11.5. The van der Waals surface area contributed by atoms with E-state index in [2.05, 4.69) is 5.32 Å². The fraction of sp³-hybridized carbons (Fsp3) is 0.333. The van der Waals surface area contributed by atoms with Gasteiger partial charge in [-0.1, -0.05) is 6.07 Å². The maximum atomic E-state index is 12.1. The largest absolute Gasteiger partial charge is 0.507 e. The molecular formula is C18H20N2O3S. The zero-order valence-corrected chi connectivity index (χ0v) is 14.5. The molecule has 0 aliphatic carbocycles. The van der Waals surface area contributed by atoms with Crippen LogP contribution >= 0.6 is 11.3 Å². The summed E-state index contributed by atoms with van der Waals surface area (Å²) in [6.07, 6.45) is 2.41. The second-order valence-electron chi connectivity index (χ2n) is 5.54. The highest BCUT2D eigenvalue weighted by molar-refractivity contribution is 7.19. The average Bonchev–Trinajstić information content (AvgIpc) is 2.96. The SMILES string of the molecule is CC(C)OCCCNC(=O)C(C#N)=Cc1cc2c(O)cccc2s1. The lowest BCUT2D eigenvalue weighted by Gasteiger charge is -2.07. The van der Waals surface area contributed by atoms with Crippen LogP contribution in [0.3, 0.4) is 0 Å². The number of hydrogen-bond donors (Lipinski definition) is 2. The Bertz CT molecular complexity index is 787. The van der Waals surface area contributed by atoms with Crippen LogP contribution in [0.15, 0.2) is 29.8 Å². The molecule has 0 atom stereocenters. The van der Waals surface area contributed by atoms with Gasteiger partial charge in [0.25, 0.3) is 5.91 Å². The van der Waals surface area contributed by atoms with Crippen LogP contribution < -0.4 is 5.32 Å². The number of ether oxygens (including phenoxy) is 1. The van der Waals surface area contributed by atoms with E-state index < -0.39 is 5.91 Å². The number of nitrogens with zero attached hydrogens (tertiary/aromatic N) is 1. The lowest BCUT2D eigenvalue weighted by molar-refractivity contribution is -0.117.